The summed E-state index contributed by atoms with van der Waals surface area (Å²) in [6.45, 7) is 4.54. The molecule has 0 aliphatic rings. The topological polar surface area (TPSA) is 27.7 Å². The largest absolute Gasteiger partial charge is 0.331 e. The van der Waals surface area contributed by atoms with Crippen LogP contribution >= 0.6 is 0 Å². The summed E-state index contributed by atoms with van der Waals surface area (Å²) in [5.41, 5.74) is 0. The van der Waals surface area contributed by atoms with Gasteiger partial charge < -0.3 is 14.2 Å². The molecular formula is C23H48O3. The van der Waals surface area contributed by atoms with E-state index in [0.717, 1.165) is 12.8 Å². The van der Waals surface area contributed by atoms with Crippen molar-refractivity contribution in [2.24, 2.45) is 5.92 Å². The van der Waals surface area contributed by atoms with Crippen LogP contribution in [-0.2, 0) is 14.2 Å². The second kappa shape index (κ2) is 18.3. The highest BCUT2D eigenvalue weighted by Crippen LogP contribution is 2.33. The van der Waals surface area contributed by atoms with Gasteiger partial charge in [0.05, 0.1) is 0 Å². The number of ether oxygens (including phenoxy) is 3. The summed E-state index contributed by atoms with van der Waals surface area (Å²) in [6.07, 6.45) is 21.0. The zero-order valence-corrected chi connectivity index (χ0v) is 18.6. The van der Waals surface area contributed by atoms with Crippen molar-refractivity contribution in [2.75, 3.05) is 21.3 Å². The zero-order valence-electron chi connectivity index (χ0n) is 18.6. The minimum atomic E-state index is -0.870. The number of rotatable bonds is 20. The van der Waals surface area contributed by atoms with Crippen molar-refractivity contribution in [2.45, 2.75) is 123 Å². The smallest absolute Gasteiger partial charge is 0.285 e. The molecule has 0 saturated heterocycles. The highest BCUT2D eigenvalue weighted by atomic mass is 16.9. The number of methoxy groups -OCH3 is 3. The lowest BCUT2D eigenvalue weighted by Gasteiger charge is -2.36. The van der Waals surface area contributed by atoms with Gasteiger partial charge in [0.25, 0.3) is 5.97 Å². The lowest BCUT2D eigenvalue weighted by molar-refractivity contribution is -0.380. The van der Waals surface area contributed by atoms with Crippen LogP contribution in [0.15, 0.2) is 0 Å². The first-order valence-corrected chi connectivity index (χ1v) is 11.4. The maximum Gasteiger partial charge on any atom is 0.285 e. The molecule has 0 bridgehead atoms. The molecule has 3 nitrogen and oxygen atoms in total. The minimum absolute atomic E-state index is 0.314. The van der Waals surface area contributed by atoms with Crippen LogP contribution in [0.5, 0.6) is 0 Å². The zero-order chi connectivity index (χ0) is 19.5. The van der Waals surface area contributed by atoms with E-state index in [1.165, 1.54) is 89.9 Å². The van der Waals surface area contributed by atoms with Gasteiger partial charge in [0.2, 0.25) is 0 Å². The van der Waals surface area contributed by atoms with Crippen molar-refractivity contribution in [1.82, 2.24) is 0 Å². The molecule has 0 aromatic rings. The van der Waals surface area contributed by atoms with Crippen molar-refractivity contribution < 1.29 is 14.2 Å². The van der Waals surface area contributed by atoms with E-state index in [1.807, 2.05) is 0 Å². The Morgan fingerprint density at radius 2 is 0.808 bits per heavy atom. The third-order valence-corrected chi connectivity index (χ3v) is 5.67. The average Bonchev–Trinajstić information content (AvgIpc) is 2.67. The van der Waals surface area contributed by atoms with Gasteiger partial charge in [0, 0.05) is 27.2 Å². The summed E-state index contributed by atoms with van der Waals surface area (Å²) in [6, 6.07) is 0. The Morgan fingerprint density at radius 3 is 1.12 bits per heavy atom. The van der Waals surface area contributed by atoms with E-state index < -0.39 is 5.97 Å². The van der Waals surface area contributed by atoms with Crippen LogP contribution in [0.4, 0.5) is 0 Å². The second-order valence-electron chi connectivity index (χ2n) is 7.73. The first kappa shape index (κ1) is 25.9. The highest BCUT2D eigenvalue weighted by Gasteiger charge is 2.39. The summed E-state index contributed by atoms with van der Waals surface area (Å²) >= 11 is 0. The Labute approximate surface area is 164 Å². The first-order chi connectivity index (χ1) is 12.7. The van der Waals surface area contributed by atoms with Gasteiger partial charge in [0.1, 0.15) is 0 Å². The fourth-order valence-electron chi connectivity index (χ4n) is 3.94. The average molecular weight is 373 g/mol. The molecule has 3 heteroatoms. The Hall–Kier alpha value is -0.120. The van der Waals surface area contributed by atoms with Crippen LogP contribution in [0.2, 0.25) is 0 Å². The summed E-state index contributed by atoms with van der Waals surface area (Å²) in [5.74, 6) is -0.557. The Bertz CT molecular complexity index is 268. The predicted octanol–water partition coefficient (Wildman–Crippen LogP) is 7.48. The fourth-order valence-corrected chi connectivity index (χ4v) is 3.94. The lowest BCUT2D eigenvalue weighted by atomic mass is 9.91. The van der Waals surface area contributed by atoms with Gasteiger partial charge in [-0.25, -0.2) is 0 Å². The quantitative estimate of drug-likeness (QED) is 0.164. The standard InChI is InChI=1S/C23H48O3/c1-6-8-10-12-14-15-17-19-21-22(23(24-3,25-4)26-5)20-18-16-13-11-9-7-2/h22H,6-21H2,1-5H3. The van der Waals surface area contributed by atoms with Crippen molar-refractivity contribution >= 4 is 0 Å². The molecule has 0 aliphatic heterocycles. The maximum atomic E-state index is 5.67. The van der Waals surface area contributed by atoms with Gasteiger partial charge in [0.15, 0.2) is 0 Å². The van der Waals surface area contributed by atoms with E-state index in [1.54, 1.807) is 21.3 Å². The molecule has 0 aromatic heterocycles. The van der Waals surface area contributed by atoms with Crippen molar-refractivity contribution in [3.05, 3.63) is 0 Å². The van der Waals surface area contributed by atoms with Gasteiger partial charge in [-0.05, 0) is 12.8 Å². The first-order valence-electron chi connectivity index (χ1n) is 11.4. The fraction of sp³-hybridized carbons (Fsp3) is 1.00. The second-order valence-corrected chi connectivity index (χ2v) is 7.73. The molecule has 0 radical (unpaired) electrons. The molecule has 158 valence electrons. The summed E-state index contributed by atoms with van der Waals surface area (Å²) < 4.78 is 17.0. The van der Waals surface area contributed by atoms with E-state index in [0.29, 0.717) is 5.92 Å². The molecule has 0 rings (SSSR count). The molecule has 0 aromatic carbocycles. The van der Waals surface area contributed by atoms with Crippen LogP contribution in [0.3, 0.4) is 0 Å². The highest BCUT2D eigenvalue weighted by molar-refractivity contribution is 4.71. The minimum Gasteiger partial charge on any atom is -0.331 e. The SMILES string of the molecule is CCCCCCCCCCC(CCCCCCCC)C(OC)(OC)OC. The van der Waals surface area contributed by atoms with Crippen LogP contribution < -0.4 is 0 Å². The van der Waals surface area contributed by atoms with Crippen LogP contribution in [0.25, 0.3) is 0 Å². The van der Waals surface area contributed by atoms with E-state index in [-0.39, 0.29) is 0 Å². The van der Waals surface area contributed by atoms with Crippen molar-refractivity contribution in [3.63, 3.8) is 0 Å². The third kappa shape index (κ3) is 11.6. The Morgan fingerprint density at radius 1 is 0.500 bits per heavy atom. The lowest BCUT2D eigenvalue weighted by Crippen LogP contribution is -2.44. The molecule has 1 unspecified atom stereocenters. The molecule has 0 heterocycles. The summed E-state index contributed by atoms with van der Waals surface area (Å²) in [4.78, 5) is 0. The molecule has 0 spiro atoms. The monoisotopic (exact) mass is 372 g/mol. The Kier molecular flexibility index (Phi) is 18.2. The molecule has 0 fully saturated rings. The van der Waals surface area contributed by atoms with E-state index in [4.69, 9.17) is 14.2 Å². The van der Waals surface area contributed by atoms with Crippen molar-refractivity contribution in [1.29, 1.82) is 0 Å². The summed E-state index contributed by atoms with van der Waals surface area (Å²) in [7, 11) is 5.11. The summed E-state index contributed by atoms with van der Waals surface area (Å²) in [5, 5.41) is 0. The molecular weight excluding hydrogens is 324 g/mol. The number of hydrogen-bond donors (Lipinski definition) is 0. The van der Waals surface area contributed by atoms with Gasteiger partial charge in [-0.2, -0.15) is 0 Å². The molecule has 26 heavy (non-hydrogen) atoms. The van der Waals surface area contributed by atoms with Crippen molar-refractivity contribution in [3.8, 4) is 0 Å². The Balaban J connectivity index is 4.20. The van der Waals surface area contributed by atoms with E-state index in [9.17, 15) is 0 Å². The predicted molar refractivity (Wildman–Crippen MR) is 112 cm³/mol. The van der Waals surface area contributed by atoms with E-state index in [2.05, 4.69) is 13.8 Å². The van der Waals surface area contributed by atoms with Crippen LogP contribution in [-0.4, -0.2) is 27.3 Å². The molecule has 1 atom stereocenters. The molecule has 0 N–H and O–H groups in total. The van der Waals surface area contributed by atoms with Crippen LogP contribution in [0.1, 0.15) is 117 Å². The number of hydrogen-bond acceptors (Lipinski definition) is 3. The van der Waals surface area contributed by atoms with Gasteiger partial charge in [-0.1, -0.05) is 104 Å². The van der Waals surface area contributed by atoms with Gasteiger partial charge in [-0.15, -0.1) is 0 Å². The third-order valence-electron chi connectivity index (χ3n) is 5.67. The molecule has 0 amide bonds. The maximum absolute atomic E-state index is 5.67. The number of unbranched alkanes of at least 4 members (excludes halogenated alkanes) is 12. The molecule has 0 saturated carbocycles. The van der Waals surface area contributed by atoms with Gasteiger partial charge in [-0.3, -0.25) is 0 Å². The van der Waals surface area contributed by atoms with Crippen LogP contribution in [0, 0.1) is 5.92 Å². The van der Waals surface area contributed by atoms with E-state index >= 15 is 0 Å². The normalized spacial score (nSPS) is 13.3. The molecule has 0 aliphatic carbocycles. The van der Waals surface area contributed by atoms with Gasteiger partial charge >= 0.3 is 0 Å².